The molecule has 0 saturated heterocycles. The first-order valence-corrected chi connectivity index (χ1v) is 3.73. The number of nitrogens with one attached hydrogen (secondary N) is 1. The molecule has 0 saturated carbocycles. The molecule has 0 aliphatic rings. The van der Waals surface area contributed by atoms with Crippen LogP contribution in [0.25, 0.3) is 0 Å². The van der Waals surface area contributed by atoms with Crippen molar-refractivity contribution >= 4 is 0 Å². The lowest BCUT2D eigenvalue weighted by molar-refractivity contribution is 0.0779. The quantitative estimate of drug-likeness (QED) is 0.461. The molecule has 0 amide bonds. The Bertz CT molecular complexity index is 99.4. The number of hydrogen-bond donors (Lipinski definition) is 1. The predicted octanol–water partition coefficient (Wildman–Crippen LogP) is 1.72. The molecule has 2 heteroatoms. The van der Waals surface area contributed by atoms with Gasteiger partial charge in [-0.1, -0.05) is 26.3 Å². The van der Waals surface area contributed by atoms with Crippen molar-refractivity contribution < 1.29 is 5.11 Å². The van der Waals surface area contributed by atoms with Gasteiger partial charge in [0.25, 0.3) is 0 Å². The van der Waals surface area contributed by atoms with Crippen molar-refractivity contribution in [2.75, 3.05) is 0 Å². The molecule has 0 bridgehead atoms. The van der Waals surface area contributed by atoms with Crippen molar-refractivity contribution in [1.82, 2.24) is 5.73 Å². The lowest BCUT2D eigenvalue weighted by atomic mass is 10.1. The molecular formula is C8H16NO. The van der Waals surface area contributed by atoms with Gasteiger partial charge in [-0.15, -0.1) is 0 Å². The molecule has 1 atom stereocenters. The van der Waals surface area contributed by atoms with Crippen molar-refractivity contribution in [3.63, 3.8) is 0 Å². The maximum atomic E-state index is 9.10. The molecule has 1 unspecified atom stereocenters. The lowest BCUT2D eigenvalue weighted by Crippen LogP contribution is -2.26. The second-order valence-electron chi connectivity index (χ2n) is 2.59. The third-order valence-electron chi connectivity index (χ3n) is 1.50. The number of unbranched alkanes of at least 4 members (excludes halogenated alkanes) is 2. The van der Waals surface area contributed by atoms with E-state index in [1.54, 1.807) is 0 Å². The van der Waals surface area contributed by atoms with Gasteiger partial charge in [0.2, 0.25) is 0 Å². The number of aliphatic hydroxyl groups is 1. The maximum absolute atomic E-state index is 9.10. The summed E-state index contributed by atoms with van der Waals surface area (Å²) >= 11 is 0. The summed E-state index contributed by atoms with van der Waals surface area (Å²) in [5, 5.41) is 9.10. The van der Waals surface area contributed by atoms with Gasteiger partial charge in [-0.2, -0.15) is 0 Å². The Labute approximate surface area is 62.7 Å². The van der Waals surface area contributed by atoms with Crippen LogP contribution in [0, 0.1) is 0 Å². The second-order valence-corrected chi connectivity index (χ2v) is 2.59. The Morgan fingerprint density at radius 2 is 2.20 bits per heavy atom. The van der Waals surface area contributed by atoms with Crippen molar-refractivity contribution in [2.45, 2.75) is 38.3 Å². The molecule has 1 radical (unpaired) electrons. The van der Waals surface area contributed by atoms with E-state index in [0.717, 1.165) is 19.3 Å². The summed E-state index contributed by atoms with van der Waals surface area (Å²) in [4.78, 5) is 0. The smallest absolute Gasteiger partial charge is 0.147 e. The highest BCUT2D eigenvalue weighted by atomic mass is 16.3. The van der Waals surface area contributed by atoms with Crippen LogP contribution in [0.4, 0.5) is 0 Å². The zero-order valence-corrected chi connectivity index (χ0v) is 6.56. The van der Waals surface area contributed by atoms with Crippen molar-refractivity contribution in [1.29, 1.82) is 0 Å². The summed E-state index contributed by atoms with van der Waals surface area (Å²) in [7, 11) is 0. The molecule has 0 spiro atoms. The largest absolute Gasteiger partial charge is 0.371 e. The van der Waals surface area contributed by atoms with E-state index in [4.69, 9.17) is 10.8 Å². The van der Waals surface area contributed by atoms with Crippen LogP contribution in [0.5, 0.6) is 0 Å². The maximum Gasteiger partial charge on any atom is 0.147 e. The molecule has 0 heterocycles. The van der Waals surface area contributed by atoms with E-state index >= 15 is 0 Å². The van der Waals surface area contributed by atoms with E-state index in [1.807, 2.05) is 0 Å². The van der Waals surface area contributed by atoms with Gasteiger partial charge in [-0.05, 0) is 18.9 Å². The van der Waals surface area contributed by atoms with Crippen LogP contribution in [-0.2, 0) is 0 Å². The Morgan fingerprint density at radius 1 is 1.60 bits per heavy atom. The van der Waals surface area contributed by atoms with Gasteiger partial charge in [0.05, 0.1) is 0 Å². The van der Waals surface area contributed by atoms with Gasteiger partial charge in [-0.25, -0.2) is 5.73 Å². The van der Waals surface area contributed by atoms with Crippen LogP contribution in [-0.4, -0.2) is 10.8 Å². The summed E-state index contributed by atoms with van der Waals surface area (Å²) in [6.07, 6.45) is 4.89. The Kier molecular flexibility index (Phi) is 4.32. The van der Waals surface area contributed by atoms with Gasteiger partial charge < -0.3 is 5.11 Å². The van der Waals surface area contributed by atoms with Crippen LogP contribution in [0.1, 0.15) is 32.6 Å². The van der Waals surface area contributed by atoms with E-state index in [-0.39, 0.29) is 0 Å². The van der Waals surface area contributed by atoms with Gasteiger partial charge in [0, 0.05) is 0 Å². The van der Waals surface area contributed by atoms with E-state index < -0.39 is 5.72 Å². The van der Waals surface area contributed by atoms with Crippen molar-refractivity contribution in [3.05, 3.63) is 12.7 Å². The number of hydrogen-bond acceptors (Lipinski definition) is 1. The monoisotopic (exact) mass is 142 g/mol. The van der Waals surface area contributed by atoms with E-state index in [9.17, 15) is 0 Å². The summed E-state index contributed by atoms with van der Waals surface area (Å²) < 4.78 is 0. The molecule has 10 heavy (non-hydrogen) atoms. The molecule has 2 nitrogen and oxygen atoms in total. The Hall–Kier alpha value is -0.340. The van der Waals surface area contributed by atoms with Gasteiger partial charge in [-0.3, -0.25) is 0 Å². The van der Waals surface area contributed by atoms with Gasteiger partial charge in [0.1, 0.15) is 5.72 Å². The molecule has 0 aromatic heterocycles. The topological polar surface area (TPSA) is 44.0 Å². The standard InChI is InChI=1S/C8H16NO/c1-3-5-6-7-8(9,10)4-2/h4,9-10H,2-3,5-7H2,1H3. The Balaban J connectivity index is 3.37. The minimum absolute atomic E-state index is 0.504. The third kappa shape index (κ3) is 4.53. The van der Waals surface area contributed by atoms with E-state index in [0.29, 0.717) is 6.42 Å². The molecule has 0 aromatic rings. The highest BCUT2D eigenvalue weighted by Crippen LogP contribution is 2.11. The molecule has 2 N–H and O–H groups in total. The van der Waals surface area contributed by atoms with Crippen LogP contribution < -0.4 is 5.73 Å². The Morgan fingerprint density at radius 3 is 2.60 bits per heavy atom. The molecule has 0 rings (SSSR count). The molecule has 0 aliphatic heterocycles. The predicted molar refractivity (Wildman–Crippen MR) is 42.4 cm³/mol. The first-order chi connectivity index (χ1) is 4.62. The van der Waals surface area contributed by atoms with Crippen LogP contribution in [0.3, 0.4) is 0 Å². The van der Waals surface area contributed by atoms with Crippen LogP contribution in [0.15, 0.2) is 12.7 Å². The van der Waals surface area contributed by atoms with Crippen molar-refractivity contribution in [2.24, 2.45) is 0 Å². The van der Waals surface area contributed by atoms with Gasteiger partial charge >= 0.3 is 0 Å². The average Bonchev–Trinajstić information content (AvgIpc) is 1.89. The average molecular weight is 142 g/mol. The first kappa shape index (κ1) is 9.66. The zero-order chi connectivity index (χ0) is 8.04. The molecule has 59 valence electrons. The van der Waals surface area contributed by atoms with E-state index in [1.165, 1.54) is 6.08 Å². The summed E-state index contributed by atoms with van der Waals surface area (Å²) in [5.74, 6) is 0. The third-order valence-corrected chi connectivity index (χ3v) is 1.50. The summed E-state index contributed by atoms with van der Waals surface area (Å²) in [5.41, 5.74) is 5.80. The zero-order valence-electron chi connectivity index (χ0n) is 6.56. The molecule has 0 fully saturated rings. The lowest BCUT2D eigenvalue weighted by Gasteiger charge is -2.15. The van der Waals surface area contributed by atoms with Crippen molar-refractivity contribution in [3.8, 4) is 0 Å². The molecule has 0 aromatic carbocycles. The molecular weight excluding hydrogens is 126 g/mol. The van der Waals surface area contributed by atoms with Crippen LogP contribution >= 0.6 is 0 Å². The number of rotatable bonds is 5. The normalized spacial score (nSPS) is 16.3. The van der Waals surface area contributed by atoms with E-state index in [2.05, 4.69) is 13.5 Å². The minimum Gasteiger partial charge on any atom is -0.371 e. The summed E-state index contributed by atoms with van der Waals surface area (Å²) in [6, 6.07) is 0. The van der Waals surface area contributed by atoms with Crippen LogP contribution in [0.2, 0.25) is 0 Å². The van der Waals surface area contributed by atoms with Gasteiger partial charge in [0.15, 0.2) is 0 Å². The highest BCUT2D eigenvalue weighted by Gasteiger charge is 2.14. The fourth-order valence-corrected chi connectivity index (χ4v) is 0.747. The fraction of sp³-hybridized carbons (Fsp3) is 0.750. The minimum atomic E-state index is -1.39. The first-order valence-electron chi connectivity index (χ1n) is 3.73. The molecule has 0 aliphatic carbocycles. The highest BCUT2D eigenvalue weighted by molar-refractivity contribution is 4.89. The SMILES string of the molecule is C=CC([NH])(O)CCCCC. The fourth-order valence-electron chi connectivity index (χ4n) is 0.747. The summed E-state index contributed by atoms with van der Waals surface area (Å²) in [6.45, 7) is 5.47. The second kappa shape index (κ2) is 4.47.